The SMILES string of the molecule is N[C@H](c1cccc(O)c1)c1cccs1. The van der Waals surface area contributed by atoms with E-state index in [1.807, 2.05) is 23.6 Å². The first-order chi connectivity index (χ1) is 6.77. The lowest BCUT2D eigenvalue weighted by Gasteiger charge is -2.09. The van der Waals surface area contributed by atoms with Crippen LogP contribution in [0, 0.1) is 0 Å². The van der Waals surface area contributed by atoms with Crippen LogP contribution in [0.25, 0.3) is 0 Å². The number of rotatable bonds is 2. The largest absolute Gasteiger partial charge is 0.508 e. The zero-order chi connectivity index (χ0) is 9.97. The normalized spacial score (nSPS) is 12.6. The highest BCUT2D eigenvalue weighted by molar-refractivity contribution is 7.10. The zero-order valence-corrected chi connectivity index (χ0v) is 8.37. The lowest BCUT2D eigenvalue weighted by atomic mass is 10.1. The molecule has 2 nitrogen and oxygen atoms in total. The number of hydrogen-bond donors (Lipinski definition) is 2. The lowest BCUT2D eigenvalue weighted by Crippen LogP contribution is -2.09. The van der Waals surface area contributed by atoms with Crippen molar-refractivity contribution in [3.8, 4) is 5.75 Å². The van der Waals surface area contributed by atoms with Crippen LogP contribution in [0.15, 0.2) is 41.8 Å². The molecule has 0 bridgehead atoms. The highest BCUT2D eigenvalue weighted by Crippen LogP contribution is 2.25. The molecular formula is C11H11NOS. The van der Waals surface area contributed by atoms with Gasteiger partial charge in [0.25, 0.3) is 0 Å². The van der Waals surface area contributed by atoms with E-state index in [4.69, 9.17) is 5.73 Å². The molecule has 0 fully saturated rings. The second kappa shape index (κ2) is 3.82. The molecule has 0 unspecified atom stereocenters. The molecule has 1 aromatic heterocycles. The average Bonchev–Trinajstić information content (AvgIpc) is 2.69. The quantitative estimate of drug-likeness (QED) is 0.791. The van der Waals surface area contributed by atoms with Crippen LogP contribution in [0.2, 0.25) is 0 Å². The van der Waals surface area contributed by atoms with Crippen molar-refractivity contribution in [1.82, 2.24) is 0 Å². The molecule has 0 saturated heterocycles. The van der Waals surface area contributed by atoms with Gasteiger partial charge in [0, 0.05) is 4.88 Å². The molecule has 0 aliphatic carbocycles. The van der Waals surface area contributed by atoms with E-state index < -0.39 is 0 Å². The summed E-state index contributed by atoms with van der Waals surface area (Å²) in [6.45, 7) is 0. The van der Waals surface area contributed by atoms with Crippen LogP contribution < -0.4 is 5.73 Å². The maximum absolute atomic E-state index is 9.31. The minimum Gasteiger partial charge on any atom is -0.508 e. The van der Waals surface area contributed by atoms with Gasteiger partial charge in [0.1, 0.15) is 5.75 Å². The maximum Gasteiger partial charge on any atom is 0.115 e. The third-order valence-corrected chi connectivity index (χ3v) is 3.03. The number of phenols is 1. The van der Waals surface area contributed by atoms with Crippen LogP contribution in [-0.4, -0.2) is 5.11 Å². The van der Waals surface area contributed by atoms with Gasteiger partial charge in [-0.25, -0.2) is 0 Å². The molecule has 0 radical (unpaired) electrons. The van der Waals surface area contributed by atoms with Crippen molar-refractivity contribution in [2.45, 2.75) is 6.04 Å². The fourth-order valence-corrected chi connectivity index (χ4v) is 2.10. The number of thiophene rings is 1. The van der Waals surface area contributed by atoms with Crippen molar-refractivity contribution < 1.29 is 5.11 Å². The molecule has 3 N–H and O–H groups in total. The third kappa shape index (κ3) is 1.78. The first-order valence-corrected chi connectivity index (χ1v) is 5.23. The van der Waals surface area contributed by atoms with E-state index in [9.17, 15) is 5.11 Å². The second-order valence-corrected chi connectivity index (χ2v) is 4.07. The van der Waals surface area contributed by atoms with Gasteiger partial charge in [-0.05, 0) is 29.1 Å². The average molecular weight is 205 g/mol. The number of phenolic OH excluding ortho intramolecular Hbond substituents is 1. The molecule has 0 amide bonds. The Labute approximate surface area is 86.6 Å². The minimum atomic E-state index is -0.137. The summed E-state index contributed by atoms with van der Waals surface area (Å²) < 4.78 is 0. The van der Waals surface area contributed by atoms with E-state index in [0.717, 1.165) is 10.4 Å². The molecule has 1 atom stereocenters. The summed E-state index contributed by atoms with van der Waals surface area (Å²) in [5, 5.41) is 11.3. The summed E-state index contributed by atoms with van der Waals surface area (Å²) >= 11 is 1.63. The van der Waals surface area contributed by atoms with Gasteiger partial charge in [-0.15, -0.1) is 11.3 Å². The van der Waals surface area contributed by atoms with Crippen LogP contribution in [0.1, 0.15) is 16.5 Å². The molecular weight excluding hydrogens is 194 g/mol. The van der Waals surface area contributed by atoms with Crippen molar-refractivity contribution in [2.75, 3.05) is 0 Å². The summed E-state index contributed by atoms with van der Waals surface area (Å²) in [4.78, 5) is 1.11. The topological polar surface area (TPSA) is 46.2 Å². The first-order valence-electron chi connectivity index (χ1n) is 4.35. The van der Waals surface area contributed by atoms with E-state index >= 15 is 0 Å². The smallest absolute Gasteiger partial charge is 0.115 e. The number of nitrogens with two attached hydrogens (primary N) is 1. The summed E-state index contributed by atoms with van der Waals surface area (Å²) in [5.74, 6) is 0.259. The molecule has 14 heavy (non-hydrogen) atoms. The standard InChI is InChI=1S/C11H11NOS/c12-11(10-5-2-6-14-10)8-3-1-4-9(13)7-8/h1-7,11,13H,12H2/t11-/m1/s1. The van der Waals surface area contributed by atoms with Crippen molar-refractivity contribution >= 4 is 11.3 Å². The van der Waals surface area contributed by atoms with Gasteiger partial charge in [-0.3, -0.25) is 0 Å². The predicted molar refractivity (Wildman–Crippen MR) is 58.5 cm³/mol. The van der Waals surface area contributed by atoms with Crippen LogP contribution >= 0.6 is 11.3 Å². The Morgan fingerprint density at radius 3 is 2.71 bits per heavy atom. The number of hydrogen-bond acceptors (Lipinski definition) is 3. The Bertz CT molecular complexity index is 411. The Morgan fingerprint density at radius 1 is 1.21 bits per heavy atom. The fraction of sp³-hybridized carbons (Fsp3) is 0.0909. The van der Waals surface area contributed by atoms with Crippen molar-refractivity contribution in [2.24, 2.45) is 5.73 Å². The Morgan fingerprint density at radius 2 is 2.07 bits per heavy atom. The molecule has 1 heterocycles. The Kier molecular flexibility index (Phi) is 2.52. The minimum absolute atomic E-state index is 0.137. The van der Waals surface area contributed by atoms with Gasteiger partial charge in [0.05, 0.1) is 6.04 Å². The summed E-state index contributed by atoms with van der Waals surface area (Å²) in [7, 11) is 0. The Balaban J connectivity index is 2.32. The van der Waals surface area contributed by atoms with Gasteiger partial charge >= 0.3 is 0 Å². The molecule has 0 aliphatic rings. The van der Waals surface area contributed by atoms with Crippen LogP contribution in [0.4, 0.5) is 0 Å². The van der Waals surface area contributed by atoms with E-state index in [0.29, 0.717) is 0 Å². The zero-order valence-electron chi connectivity index (χ0n) is 7.55. The van der Waals surface area contributed by atoms with Gasteiger partial charge < -0.3 is 10.8 Å². The maximum atomic E-state index is 9.31. The lowest BCUT2D eigenvalue weighted by molar-refractivity contribution is 0.474. The molecule has 0 spiro atoms. The van der Waals surface area contributed by atoms with E-state index in [2.05, 4.69) is 0 Å². The van der Waals surface area contributed by atoms with E-state index in [-0.39, 0.29) is 11.8 Å². The first kappa shape index (κ1) is 9.24. The second-order valence-electron chi connectivity index (χ2n) is 3.09. The number of aromatic hydroxyl groups is 1. The van der Waals surface area contributed by atoms with E-state index in [1.54, 1.807) is 29.5 Å². The van der Waals surface area contributed by atoms with Gasteiger partial charge in [0.2, 0.25) is 0 Å². The van der Waals surface area contributed by atoms with Crippen molar-refractivity contribution in [3.63, 3.8) is 0 Å². The van der Waals surface area contributed by atoms with E-state index in [1.165, 1.54) is 0 Å². The Hall–Kier alpha value is -1.32. The monoisotopic (exact) mass is 205 g/mol. The van der Waals surface area contributed by atoms with Crippen LogP contribution in [-0.2, 0) is 0 Å². The highest BCUT2D eigenvalue weighted by Gasteiger charge is 2.09. The van der Waals surface area contributed by atoms with Gasteiger partial charge in [-0.1, -0.05) is 18.2 Å². The molecule has 1 aromatic carbocycles. The molecule has 72 valence electrons. The van der Waals surface area contributed by atoms with Crippen LogP contribution in [0.3, 0.4) is 0 Å². The van der Waals surface area contributed by atoms with Crippen molar-refractivity contribution in [3.05, 3.63) is 52.2 Å². The highest BCUT2D eigenvalue weighted by atomic mass is 32.1. The number of benzene rings is 1. The van der Waals surface area contributed by atoms with Gasteiger partial charge in [0.15, 0.2) is 0 Å². The third-order valence-electron chi connectivity index (χ3n) is 2.08. The predicted octanol–water partition coefficient (Wildman–Crippen LogP) is 2.50. The fourth-order valence-electron chi connectivity index (χ4n) is 1.35. The molecule has 0 saturated carbocycles. The molecule has 0 aliphatic heterocycles. The molecule has 3 heteroatoms. The molecule has 2 rings (SSSR count). The summed E-state index contributed by atoms with van der Waals surface area (Å²) in [6, 6.07) is 10.9. The summed E-state index contributed by atoms with van der Waals surface area (Å²) in [5.41, 5.74) is 6.97. The molecule has 2 aromatic rings. The van der Waals surface area contributed by atoms with Crippen LogP contribution in [0.5, 0.6) is 5.75 Å². The van der Waals surface area contributed by atoms with Gasteiger partial charge in [-0.2, -0.15) is 0 Å². The summed E-state index contributed by atoms with van der Waals surface area (Å²) in [6.07, 6.45) is 0. The van der Waals surface area contributed by atoms with Crippen molar-refractivity contribution in [1.29, 1.82) is 0 Å².